The quantitative estimate of drug-likeness (QED) is 0.725. The van der Waals surface area contributed by atoms with Crippen LogP contribution in [-0.2, 0) is 4.79 Å². The minimum Gasteiger partial charge on any atom is -0.350 e. The molecule has 0 aliphatic carbocycles. The van der Waals surface area contributed by atoms with Gasteiger partial charge in [0.1, 0.15) is 6.04 Å². The van der Waals surface area contributed by atoms with E-state index in [1.165, 1.54) is 0 Å². The second-order valence-corrected chi connectivity index (χ2v) is 7.68. The minimum absolute atomic E-state index is 0.100. The maximum atomic E-state index is 12.7. The van der Waals surface area contributed by atoms with Crippen LogP contribution in [0.3, 0.4) is 0 Å². The molecule has 0 saturated carbocycles. The van der Waals surface area contributed by atoms with E-state index in [1.54, 1.807) is 24.3 Å². The Morgan fingerprint density at radius 1 is 1.28 bits per heavy atom. The van der Waals surface area contributed by atoms with Crippen molar-refractivity contribution in [2.75, 3.05) is 13.1 Å². The Hall–Kier alpha value is -1.59. The first-order valence-corrected chi connectivity index (χ1v) is 9.32. The lowest BCUT2D eigenvalue weighted by Gasteiger charge is -2.32. The number of carbonyl (C=O) groups excluding carboxylic acids is 2. The smallest absolute Gasteiger partial charge is 0.251 e. The van der Waals surface area contributed by atoms with Gasteiger partial charge in [-0.2, -0.15) is 0 Å². The summed E-state index contributed by atoms with van der Waals surface area (Å²) in [6.07, 6.45) is 1.64. The van der Waals surface area contributed by atoms with Gasteiger partial charge in [0, 0.05) is 23.2 Å². The molecule has 25 heavy (non-hydrogen) atoms. The maximum Gasteiger partial charge on any atom is 0.251 e. The highest BCUT2D eigenvalue weighted by molar-refractivity contribution is 6.30. The van der Waals surface area contributed by atoms with E-state index in [9.17, 15) is 9.59 Å². The van der Waals surface area contributed by atoms with Crippen molar-refractivity contribution in [2.45, 2.75) is 45.7 Å². The summed E-state index contributed by atoms with van der Waals surface area (Å²) in [5.74, 6) is 0.351. The van der Waals surface area contributed by atoms with Gasteiger partial charge in [-0.3, -0.25) is 9.59 Å². The average Bonchev–Trinajstić information content (AvgIpc) is 2.56. The van der Waals surface area contributed by atoms with E-state index in [0.717, 1.165) is 19.5 Å². The Balaban J connectivity index is 2.02. The molecule has 1 aliphatic rings. The van der Waals surface area contributed by atoms with E-state index in [2.05, 4.69) is 22.9 Å². The first kappa shape index (κ1) is 19.7. The van der Waals surface area contributed by atoms with Gasteiger partial charge in [-0.15, -0.1) is 0 Å². The molecule has 2 rings (SSSR count). The number of carbonyl (C=O) groups is 2. The fraction of sp³-hybridized carbons (Fsp3) is 0.579. The molecule has 1 aliphatic heterocycles. The van der Waals surface area contributed by atoms with E-state index in [1.807, 2.05) is 13.8 Å². The molecule has 6 heteroatoms. The van der Waals surface area contributed by atoms with Crippen LogP contribution < -0.4 is 16.0 Å². The van der Waals surface area contributed by atoms with Crippen molar-refractivity contribution in [3.63, 3.8) is 0 Å². The van der Waals surface area contributed by atoms with Crippen molar-refractivity contribution in [3.05, 3.63) is 34.9 Å². The van der Waals surface area contributed by atoms with Crippen LogP contribution >= 0.6 is 11.6 Å². The van der Waals surface area contributed by atoms with E-state index in [-0.39, 0.29) is 17.9 Å². The first-order valence-electron chi connectivity index (χ1n) is 8.94. The molecule has 3 unspecified atom stereocenters. The van der Waals surface area contributed by atoms with Crippen LogP contribution in [0.15, 0.2) is 24.3 Å². The molecule has 1 aromatic carbocycles. The zero-order valence-electron chi connectivity index (χ0n) is 15.1. The molecule has 1 saturated heterocycles. The van der Waals surface area contributed by atoms with Gasteiger partial charge in [0.15, 0.2) is 0 Å². The molecule has 5 nitrogen and oxygen atoms in total. The van der Waals surface area contributed by atoms with E-state index in [0.29, 0.717) is 28.8 Å². The van der Waals surface area contributed by atoms with Crippen LogP contribution in [0.25, 0.3) is 0 Å². The lowest BCUT2D eigenvalue weighted by molar-refractivity contribution is -0.124. The SMILES string of the molecule is CC(C)CC(NC(=O)c1ccc(Cl)cc1)C(=O)NC1CNCCC1C. The van der Waals surface area contributed by atoms with Crippen LogP contribution in [0.4, 0.5) is 0 Å². The molecule has 0 aromatic heterocycles. The molecule has 0 spiro atoms. The van der Waals surface area contributed by atoms with Crippen LogP contribution in [0, 0.1) is 11.8 Å². The Bertz CT molecular complexity index is 589. The van der Waals surface area contributed by atoms with Crippen LogP contribution in [0.5, 0.6) is 0 Å². The number of hydrogen-bond acceptors (Lipinski definition) is 3. The molecule has 3 atom stereocenters. The third kappa shape index (κ3) is 6.01. The molecule has 1 fully saturated rings. The highest BCUT2D eigenvalue weighted by atomic mass is 35.5. The van der Waals surface area contributed by atoms with Crippen LogP contribution in [-0.4, -0.2) is 37.0 Å². The zero-order chi connectivity index (χ0) is 18.4. The van der Waals surface area contributed by atoms with Crippen molar-refractivity contribution >= 4 is 23.4 Å². The third-order valence-corrected chi connectivity index (χ3v) is 4.84. The van der Waals surface area contributed by atoms with Gasteiger partial charge in [0.25, 0.3) is 5.91 Å². The summed E-state index contributed by atoms with van der Waals surface area (Å²) in [6.45, 7) is 7.98. The number of benzene rings is 1. The fourth-order valence-electron chi connectivity index (χ4n) is 3.01. The Morgan fingerprint density at radius 2 is 1.96 bits per heavy atom. The number of hydrogen-bond donors (Lipinski definition) is 3. The summed E-state index contributed by atoms with van der Waals surface area (Å²) >= 11 is 5.86. The predicted octanol–water partition coefficient (Wildman–Crippen LogP) is 2.60. The molecule has 0 bridgehead atoms. The van der Waals surface area contributed by atoms with Crippen molar-refractivity contribution < 1.29 is 9.59 Å². The zero-order valence-corrected chi connectivity index (χ0v) is 15.9. The van der Waals surface area contributed by atoms with Gasteiger partial charge in [0.05, 0.1) is 0 Å². The standard InChI is InChI=1S/C19H28ClN3O2/c1-12(2)10-16(19(25)23-17-11-21-9-8-13(17)3)22-18(24)14-4-6-15(20)7-5-14/h4-7,12-13,16-17,21H,8-11H2,1-3H3,(H,22,24)(H,23,25). The Morgan fingerprint density at radius 3 is 2.56 bits per heavy atom. The molecule has 2 amide bonds. The normalized spacial score (nSPS) is 21.6. The first-order chi connectivity index (χ1) is 11.9. The maximum absolute atomic E-state index is 12.7. The minimum atomic E-state index is -0.544. The Kier molecular flexibility index (Phi) is 7.26. The lowest BCUT2D eigenvalue weighted by atomic mass is 9.94. The van der Waals surface area contributed by atoms with Crippen molar-refractivity contribution in [2.24, 2.45) is 11.8 Å². The summed E-state index contributed by atoms with van der Waals surface area (Å²) in [7, 11) is 0. The highest BCUT2D eigenvalue weighted by Crippen LogP contribution is 2.14. The summed E-state index contributed by atoms with van der Waals surface area (Å²) < 4.78 is 0. The summed E-state index contributed by atoms with van der Waals surface area (Å²) in [5.41, 5.74) is 0.499. The van der Waals surface area contributed by atoms with Gasteiger partial charge in [-0.1, -0.05) is 32.4 Å². The molecular weight excluding hydrogens is 338 g/mol. The van der Waals surface area contributed by atoms with Gasteiger partial charge < -0.3 is 16.0 Å². The second-order valence-electron chi connectivity index (χ2n) is 7.25. The Labute approximate surface area is 154 Å². The second kappa shape index (κ2) is 9.20. The van der Waals surface area contributed by atoms with Crippen molar-refractivity contribution in [1.82, 2.24) is 16.0 Å². The molecule has 3 N–H and O–H groups in total. The largest absolute Gasteiger partial charge is 0.350 e. The van der Waals surface area contributed by atoms with Gasteiger partial charge >= 0.3 is 0 Å². The highest BCUT2D eigenvalue weighted by Gasteiger charge is 2.28. The molecule has 1 heterocycles. The average molecular weight is 366 g/mol. The molecule has 0 radical (unpaired) electrons. The summed E-state index contributed by atoms with van der Waals surface area (Å²) in [4.78, 5) is 25.2. The van der Waals surface area contributed by atoms with Crippen LogP contribution in [0.2, 0.25) is 5.02 Å². The molecule has 1 aromatic rings. The summed E-state index contributed by atoms with van der Waals surface area (Å²) in [5, 5.41) is 9.86. The van der Waals surface area contributed by atoms with Crippen molar-refractivity contribution in [3.8, 4) is 0 Å². The van der Waals surface area contributed by atoms with Gasteiger partial charge in [0.2, 0.25) is 5.91 Å². The monoisotopic (exact) mass is 365 g/mol. The number of nitrogens with one attached hydrogen (secondary N) is 3. The number of amides is 2. The predicted molar refractivity (Wildman–Crippen MR) is 101 cm³/mol. The van der Waals surface area contributed by atoms with E-state index in [4.69, 9.17) is 11.6 Å². The summed E-state index contributed by atoms with van der Waals surface area (Å²) in [6, 6.07) is 6.22. The molecular formula is C19H28ClN3O2. The number of halogens is 1. The fourth-order valence-corrected chi connectivity index (χ4v) is 3.14. The van der Waals surface area contributed by atoms with Gasteiger partial charge in [-0.25, -0.2) is 0 Å². The van der Waals surface area contributed by atoms with Gasteiger partial charge in [-0.05, 0) is 55.5 Å². The van der Waals surface area contributed by atoms with Crippen molar-refractivity contribution in [1.29, 1.82) is 0 Å². The van der Waals surface area contributed by atoms with Crippen LogP contribution in [0.1, 0.15) is 44.0 Å². The number of rotatable bonds is 6. The lowest BCUT2D eigenvalue weighted by Crippen LogP contribution is -2.55. The molecule has 138 valence electrons. The van der Waals surface area contributed by atoms with E-state index < -0.39 is 6.04 Å². The topological polar surface area (TPSA) is 70.2 Å². The van der Waals surface area contributed by atoms with E-state index >= 15 is 0 Å². The third-order valence-electron chi connectivity index (χ3n) is 4.59. The number of piperidine rings is 1.